The zero-order chi connectivity index (χ0) is 13.7. The zero-order valence-electron chi connectivity index (χ0n) is 10.7. The van der Waals surface area contributed by atoms with E-state index in [0.717, 1.165) is 12.1 Å². The van der Waals surface area contributed by atoms with Crippen LogP contribution in [-0.4, -0.2) is 34.6 Å². The molecule has 5 nitrogen and oxygen atoms in total. The van der Waals surface area contributed by atoms with E-state index in [1.807, 2.05) is 30.1 Å². The van der Waals surface area contributed by atoms with Gasteiger partial charge in [0.2, 0.25) is 0 Å². The topological polar surface area (TPSA) is 66.3 Å². The molecule has 0 bridgehead atoms. The Morgan fingerprint density at radius 1 is 1.32 bits per heavy atom. The van der Waals surface area contributed by atoms with Crippen LogP contribution in [0.1, 0.15) is 16.1 Å². The maximum absolute atomic E-state index is 11.1. The second-order valence-electron chi connectivity index (χ2n) is 4.19. The Morgan fingerprint density at radius 2 is 2.16 bits per heavy atom. The Morgan fingerprint density at radius 3 is 2.84 bits per heavy atom. The maximum Gasteiger partial charge on any atom is 0.337 e. The monoisotopic (exact) mass is 257 g/mol. The van der Waals surface area contributed by atoms with Crippen LogP contribution in [0.5, 0.6) is 0 Å². The first-order valence-electron chi connectivity index (χ1n) is 5.97. The fraction of sp³-hybridized carbons (Fsp3) is 0.214. The number of hydrogen-bond donors (Lipinski definition) is 1. The van der Waals surface area contributed by atoms with Crippen molar-refractivity contribution in [3.8, 4) is 0 Å². The van der Waals surface area contributed by atoms with E-state index < -0.39 is 5.97 Å². The highest BCUT2D eigenvalue weighted by molar-refractivity contribution is 5.94. The second kappa shape index (κ2) is 5.95. The molecule has 0 spiro atoms. The van der Waals surface area contributed by atoms with E-state index in [9.17, 15) is 4.79 Å². The van der Waals surface area contributed by atoms with Gasteiger partial charge in [0.05, 0.1) is 17.4 Å². The number of rotatable bonds is 5. The third-order valence-corrected chi connectivity index (χ3v) is 2.87. The minimum atomic E-state index is -0.943. The van der Waals surface area contributed by atoms with Crippen molar-refractivity contribution < 1.29 is 9.90 Å². The van der Waals surface area contributed by atoms with Gasteiger partial charge in [-0.25, -0.2) is 4.79 Å². The average Bonchev–Trinajstić information content (AvgIpc) is 2.46. The molecule has 0 radical (unpaired) electrons. The number of carbonyl (C=O) groups is 1. The molecular weight excluding hydrogens is 242 g/mol. The fourth-order valence-electron chi connectivity index (χ4n) is 1.82. The smallest absolute Gasteiger partial charge is 0.337 e. The largest absolute Gasteiger partial charge is 0.478 e. The van der Waals surface area contributed by atoms with Crippen molar-refractivity contribution in [2.45, 2.75) is 6.42 Å². The molecule has 2 aromatic rings. The Bertz CT molecular complexity index is 558. The summed E-state index contributed by atoms with van der Waals surface area (Å²) >= 11 is 0. The van der Waals surface area contributed by atoms with Crippen molar-refractivity contribution in [1.82, 2.24) is 9.97 Å². The van der Waals surface area contributed by atoms with Gasteiger partial charge in [-0.05, 0) is 18.2 Å². The maximum atomic E-state index is 11.1. The molecule has 5 heteroatoms. The highest BCUT2D eigenvalue weighted by Gasteiger charge is 2.13. The molecule has 0 fully saturated rings. The number of anilines is 1. The van der Waals surface area contributed by atoms with Gasteiger partial charge in [-0.2, -0.15) is 0 Å². The highest BCUT2D eigenvalue weighted by Crippen LogP contribution is 2.17. The molecule has 0 saturated carbocycles. The number of carboxylic acids is 1. The van der Waals surface area contributed by atoms with Crippen LogP contribution in [0.25, 0.3) is 0 Å². The summed E-state index contributed by atoms with van der Waals surface area (Å²) in [7, 11) is 1.85. The molecule has 0 aliphatic rings. The van der Waals surface area contributed by atoms with Gasteiger partial charge in [0.15, 0.2) is 0 Å². The lowest BCUT2D eigenvalue weighted by atomic mass is 10.2. The first-order valence-corrected chi connectivity index (χ1v) is 5.97. The predicted octanol–water partition coefficient (Wildman–Crippen LogP) is 1.85. The van der Waals surface area contributed by atoms with E-state index >= 15 is 0 Å². The Labute approximate surface area is 111 Å². The van der Waals surface area contributed by atoms with E-state index in [2.05, 4.69) is 9.97 Å². The highest BCUT2D eigenvalue weighted by atomic mass is 16.4. The Hall–Kier alpha value is -2.43. The van der Waals surface area contributed by atoms with Gasteiger partial charge in [-0.1, -0.05) is 6.07 Å². The van der Waals surface area contributed by atoms with Crippen LogP contribution in [0, 0.1) is 0 Å². The van der Waals surface area contributed by atoms with Gasteiger partial charge in [-0.3, -0.25) is 9.97 Å². The summed E-state index contributed by atoms with van der Waals surface area (Å²) in [6.07, 6.45) is 5.56. The quantitative estimate of drug-likeness (QED) is 0.885. The number of aromatic carboxylic acids is 1. The van der Waals surface area contributed by atoms with E-state index in [0.29, 0.717) is 12.2 Å². The first kappa shape index (κ1) is 13.0. The Balaban J connectivity index is 2.08. The normalized spacial score (nSPS) is 10.2. The van der Waals surface area contributed by atoms with E-state index in [1.165, 1.54) is 12.3 Å². The minimum Gasteiger partial charge on any atom is -0.478 e. The van der Waals surface area contributed by atoms with Gasteiger partial charge in [0.25, 0.3) is 0 Å². The summed E-state index contributed by atoms with van der Waals surface area (Å²) in [5.74, 6) is -0.943. The summed E-state index contributed by atoms with van der Waals surface area (Å²) in [5, 5.41) is 9.13. The molecule has 98 valence electrons. The molecule has 0 atom stereocenters. The molecule has 2 rings (SSSR count). The number of pyridine rings is 2. The van der Waals surface area contributed by atoms with Crippen LogP contribution in [0.4, 0.5) is 5.69 Å². The van der Waals surface area contributed by atoms with Crippen LogP contribution >= 0.6 is 0 Å². The molecule has 2 heterocycles. The van der Waals surface area contributed by atoms with Crippen molar-refractivity contribution in [3.05, 3.63) is 54.1 Å². The molecule has 0 saturated heterocycles. The molecule has 1 N–H and O–H groups in total. The van der Waals surface area contributed by atoms with E-state index in [4.69, 9.17) is 5.11 Å². The average molecular weight is 257 g/mol. The standard InChI is InChI=1S/C14H15N3O2/c1-17(9-6-11-4-2-3-7-16-11)13-10-15-8-5-12(13)14(18)19/h2-5,7-8,10H,6,9H2,1H3,(H,18,19). The molecule has 0 aliphatic carbocycles. The third kappa shape index (κ3) is 3.28. The summed E-state index contributed by atoms with van der Waals surface area (Å²) in [6.45, 7) is 0.684. The molecular formula is C14H15N3O2. The second-order valence-corrected chi connectivity index (χ2v) is 4.19. The van der Waals surface area contributed by atoms with Gasteiger partial charge in [0, 0.05) is 38.1 Å². The minimum absolute atomic E-state index is 0.263. The number of likely N-dealkylation sites (N-methyl/N-ethyl adjacent to an activating group) is 1. The number of nitrogens with zero attached hydrogens (tertiary/aromatic N) is 3. The fourth-order valence-corrected chi connectivity index (χ4v) is 1.82. The Kier molecular flexibility index (Phi) is 4.07. The number of carboxylic acid groups (broad SMARTS) is 1. The van der Waals surface area contributed by atoms with Gasteiger partial charge >= 0.3 is 5.97 Å². The lowest BCUT2D eigenvalue weighted by molar-refractivity contribution is 0.0697. The van der Waals surface area contributed by atoms with Crippen LogP contribution in [0.3, 0.4) is 0 Å². The van der Waals surface area contributed by atoms with Crippen LogP contribution < -0.4 is 4.90 Å². The molecule has 0 aromatic carbocycles. The number of hydrogen-bond acceptors (Lipinski definition) is 4. The lowest BCUT2D eigenvalue weighted by Crippen LogP contribution is -2.23. The lowest BCUT2D eigenvalue weighted by Gasteiger charge is -2.20. The van der Waals surface area contributed by atoms with Crippen LogP contribution in [-0.2, 0) is 6.42 Å². The van der Waals surface area contributed by atoms with Crippen molar-refractivity contribution in [1.29, 1.82) is 0 Å². The molecule has 19 heavy (non-hydrogen) atoms. The van der Waals surface area contributed by atoms with E-state index in [-0.39, 0.29) is 5.56 Å². The van der Waals surface area contributed by atoms with Gasteiger partial charge in [-0.15, -0.1) is 0 Å². The van der Waals surface area contributed by atoms with E-state index in [1.54, 1.807) is 12.4 Å². The molecule has 2 aromatic heterocycles. The summed E-state index contributed by atoms with van der Waals surface area (Å²) in [5.41, 5.74) is 1.86. The van der Waals surface area contributed by atoms with Crippen LogP contribution in [0.2, 0.25) is 0 Å². The molecule has 0 unspecified atom stereocenters. The summed E-state index contributed by atoms with van der Waals surface area (Å²) < 4.78 is 0. The van der Waals surface area contributed by atoms with Crippen molar-refractivity contribution in [3.63, 3.8) is 0 Å². The molecule has 0 aliphatic heterocycles. The predicted molar refractivity (Wildman–Crippen MR) is 72.4 cm³/mol. The third-order valence-electron chi connectivity index (χ3n) is 2.87. The van der Waals surface area contributed by atoms with Crippen molar-refractivity contribution in [2.24, 2.45) is 0 Å². The SMILES string of the molecule is CN(CCc1ccccn1)c1cnccc1C(=O)O. The van der Waals surface area contributed by atoms with Gasteiger partial charge in [0.1, 0.15) is 0 Å². The number of aromatic nitrogens is 2. The van der Waals surface area contributed by atoms with Crippen LogP contribution in [0.15, 0.2) is 42.9 Å². The summed E-state index contributed by atoms with van der Waals surface area (Å²) in [6, 6.07) is 7.27. The molecule has 0 amide bonds. The first-order chi connectivity index (χ1) is 9.18. The summed E-state index contributed by atoms with van der Waals surface area (Å²) in [4.78, 5) is 21.2. The zero-order valence-corrected chi connectivity index (χ0v) is 10.7. The van der Waals surface area contributed by atoms with Gasteiger partial charge < -0.3 is 10.0 Å². The van der Waals surface area contributed by atoms with Crippen molar-refractivity contribution >= 4 is 11.7 Å². The van der Waals surface area contributed by atoms with Crippen molar-refractivity contribution in [2.75, 3.05) is 18.5 Å².